The Bertz CT molecular complexity index is 771. The van der Waals surface area contributed by atoms with Crippen LogP contribution in [-0.4, -0.2) is 63.3 Å². The molecule has 1 aromatic rings. The molecule has 2 saturated heterocycles. The molecule has 27 heavy (non-hydrogen) atoms. The van der Waals surface area contributed by atoms with E-state index in [-0.39, 0.29) is 10.8 Å². The largest absolute Gasteiger partial charge is 0.338 e. The molecule has 1 aromatic carbocycles. The van der Waals surface area contributed by atoms with Gasteiger partial charge in [-0.05, 0) is 69.8 Å². The maximum Gasteiger partial charge on any atom is 0.254 e. The van der Waals surface area contributed by atoms with Crippen LogP contribution in [0.5, 0.6) is 0 Å². The predicted octanol–water partition coefficient (Wildman–Crippen LogP) is 2.24. The summed E-state index contributed by atoms with van der Waals surface area (Å²) >= 11 is 0. The first-order valence-corrected chi connectivity index (χ1v) is 11.4. The third-order valence-electron chi connectivity index (χ3n) is 5.69. The number of sulfonamides is 1. The number of piperidine rings is 2. The first kappa shape index (κ1) is 20.3. The number of nitrogens with zero attached hydrogens (tertiary/aromatic N) is 2. The van der Waals surface area contributed by atoms with Crippen LogP contribution >= 0.6 is 0 Å². The first-order valence-electron chi connectivity index (χ1n) is 9.98. The highest BCUT2D eigenvalue weighted by Gasteiger charge is 2.29. The quantitative estimate of drug-likeness (QED) is 0.833. The fourth-order valence-corrected chi connectivity index (χ4v) is 5.67. The smallest absolute Gasteiger partial charge is 0.254 e. The minimum Gasteiger partial charge on any atom is -0.338 e. The molecule has 1 amide bonds. The van der Waals surface area contributed by atoms with Crippen molar-refractivity contribution >= 4 is 15.9 Å². The van der Waals surface area contributed by atoms with E-state index >= 15 is 0 Å². The Morgan fingerprint density at radius 1 is 1.15 bits per heavy atom. The molecule has 2 heterocycles. The minimum atomic E-state index is -3.53. The highest BCUT2D eigenvalue weighted by atomic mass is 32.2. The molecule has 1 N–H and O–H groups in total. The molecule has 2 fully saturated rings. The number of amides is 1. The molecule has 2 aliphatic rings. The summed E-state index contributed by atoms with van der Waals surface area (Å²) in [6.45, 7) is 5.37. The topological polar surface area (TPSA) is 69.7 Å². The molecule has 0 radical (unpaired) electrons. The molecule has 0 aliphatic carbocycles. The minimum absolute atomic E-state index is 0.0519. The van der Waals surface area contributed by atoms with Gasteiger partial charge in [0.05, 0.1) is 4.90 Å². The van der Waals surface area contributed by atoms with Crippen molar-refractivity contribution < 1.29 is 13.2 Å². The van der Waals surface area contributed by atoms with Crippen molar-refractivity contribution in [3.05, 3.63) is 29.3 Å². The summed E-state index contributed by atoms with van der Waals surface area (Å²) < 4.78 is 27.5. The van der Waals surface area contributed by atoms with E-state index in [1.807, 2.05) is 18.9 Å². The second-order valence-corrected chi connectivity index (χ2v) is 9.70. The van der Waals surface area contributed by atoms with Crippen LogP contribution in [0.4, 0.5) is 0 Å². The molecular formula is C20H31N3O3S. The van der Waals surface area contributed by atoms with Crippen LogP contribution in [0.3, 0.4) is 0 Å². The van der Waals surface area contributed by atoms with Crippen molar-refractivity contribution in [2.45, 2.75) is 43.9 Å². The number of carbonyl (C=O) groups is 1. The first-order chi connectivity index (χ1) is 12.9. The molecule has 0 aromatic heterocycles. The van der Waals surface area contributed by atoms with Gasteiger partial charge in [0.2, 0.25) is 10.0 Å². The van der Waals surface area contributed by atoms with Crippen molar-refractivity contribution in [3.8, 4) is 0 Å². The summed E-state index contributed by atoms with van der Waals surface area (Å²) in [7, 11) is -1.60. The Labute approximate surface area is 163 Å². The number of nitrogens with one attached hydrogen (secondary N) is 1. The lowest BCUT2D eigenvalue weighted by Crippen LogP contribution is -2.42. The Kier molecular flexibility index (Phi) is 6.55. The maximum atomic E-state index is 13.1. The lowest BCUT2D eigenvalue weighted by molar-refractivity contribution is 0.0673. The normalized spacial score (nSPS) is 22.0. The summed E-state index contributed by atoms with van der Waals surface area (Å²) in [5.74, 6) is 0.400. The Balaban J connectivity index is 1.83. The van der Waals surface area contributed by atoms with Gasteiger partial charge in [-0.3, -0.25) is 4.79 Å². The van der Waals surface area contributed by atoms with Crippen LogP contribution in [-0.2, 0) is 10.0 Å². The van der Waals surface area contributed by atoms with E-state index in [4.69, 9.17) is 0 Å². The van der Waals surface area contributed by atoms with Gasteiger partial charge in [0, 0.05) is 31.7 Å². The molecule has 2 aliphatic heterocycles. The van der Waals surface area contributed by atoms with Crippen molar-refractivity contribution in [1.82, 2.24) is 14.5 Å². The van der Waals surface area contributed by atoms with Crippen molar-refractivity contribution in [3.63, 3.8) is 0 Å². The van der Waals surface area contributed by atoms with Gasteiger partial charge in [-0.15, -0.1) is 0 Å². The average molecular weight is 394 g/mol. The van der Waals surface area contributed by atoms with Gasteiger partial charge >= 0.3 is 0 Å². The Morgan fingerprint density at radius 3 is 2.59 bits per heavy atom. The standard InChI is InChI=1S/C20H31N3O3S/c1-16-8-9-18(27(25,26)23-11-4-3-5-12-23)13-19(16)20(24)22-10-6-7-17(15-22)14-21-2/h8-9,13,17,21H,3-7,10-12,14-15H2,1-2H3. The number of aryl methyl sites for hydroxylation is 1. The van der Waals surface area contributed by atoms with Crippen LogP contribution in [0.15, 0.2) is 23.1 Å². The van der Waals surface area contributed by atoms with Gasteiger partial charge in [0.25, 0.3) is 5.91 Å². The van der Waals surface area contributed by atoms with Gasteiger partial charge in [0.15, 0.2) is 0 Å². The predicted molar refractivity (Wildman–Crippen MR) is 106 cm³/mol. The molecule has 6 nitrogen and oxygen atoms in total. The highest BCUT2D eigenvalue weighted by Crippen LogP contribution is 2.25. The second-order valence-electron chi connectivity index (χ2n) is 7.76. The van der Waals surface area contributed by atoms with E-state index in [1.54, 1.807) is 22.5 Å². The van der Waals surface area contributed by atoms with E-state index in [1.165, 1.54) is 0 Å². The average Bonchev–Trinajstić information content (AvgIpc) is 2.69. The number of carbonyl (C=O) groups excluding carboxylic acids is 1. The van der Waals surface area contributed by atoms with E-state index in [0.29, 0.717) is 24.6 Å². The zero-order valence-corrected chi connectivity index (χ0v) is 17.2. The number of hydrogen-bond donors (Lipinski definition) is 1. The zero-order valence-electron chi connectivity index (χ0n) is 16.4. The number of likely N-dealkylation sites (tertiary alicyclic amines) is 1. The Morgan fingerprint density at radius 2 is 1.89 bits per heavy atom. The second kappa shape index (κ2) is 8.71. The summed E-state index contributed by atoms with van der Waals surface area (Å²) in [6, 6.07) is 4.98. The number of rotatable bonds is 5. The van der Waals surface area contributed by atoms with Crippen molar-refractivity contribution in [2.24, 2.45) is 5.92 Å². The van der Waals surface area contributed by atoms with Gasteiger partial charge in [-0.1, -0.05) is 12.5 Å². The Hall–Kier alpha value is -1.44. The van der Waals surface area contributed by atoms with Crippen LogP contribution in [0.25, 0.3) is 0 Å². The molecule has 7 heteroatoms. The van der Waals surface area contributed by atoms with E-state index in [2.05, 4.69) is 5.32 Å². The molecule has 1 atom stereocenters. The summed E-state index contributed by atoms with van der Waals surface area (Å²) in [4.78, 5) is 15.2. The zero-order chi connectivity index (χ0) is 19.4. The molecule has 1 unspecified atom stereocenters. The SMILES string of the molecule is CNCC1CCCN(C(=O)c2cc(S(=O)(=O)N3CCCCC3)ccc2C)C1. The van der Waals surface area contributed by atoms with E-state index in [0.717, 1.165) is 57.3 Å². The fraction of sp³-hybridized carbons (Fsp3) is 0.650. The lowest BCUT2D eigenvalue weighted by atomic mass is 9.97. The van der Waals surface area contributed by atoms with E-state index < -0.39 is 10.0 Å². The van der Waals surface area contributed by atoms with Crippen LogP contribution in [0.1, 0.15) is 48.0 Å². The lowest BCUT2D eigenvalue weighted by Gasteiger charge is -2.33. The summed E-state index contributed by atoms with van der Waals surface area (Å²) in [6.07, 6.45) is 4.98. The number of benzene rings is 1. The maximum absolute atomic E-state index is 13.1. The summed E-state index contributed by atoms with van der Waals surface area (Å²) in [5, 5.41) is 3.19. The summed E-state index contributed by atoms with van der Waals surface area (Å²) in [5.41, 5.74) is 1.34. The number of hydrogen-bond acceptors (Lipinski definition) is 4. The van der Waals surface area contributed by atoms with Crippen LogP contribution in [0.2, 0.25) is 0 Å². The third-order valence-corrected chi connectivity index (χ3v) is 7.59. The third kappa shape index (κ3) is 4.52. The van der Waals surface area contributed by atoms with Gasteiger partial charge in [-0.25, -0.2) is 8.42 Å². The van der Waals surface area contributed by atoms with Gasteiger partial charge in [0.1, 0.15) is 0 Å². The monoisotopic (exact) mass is 393 g/mol. The van der Waals surface area contributed by atoms with Crippen molar-refractivity contribution in [2.75, 3.05) is 39.8 Å². The van der Waals surface area contributed by atoms with Crippen LogP contribution < -0.4 is 5.32 Å². The molecular weight excluding hydrogens is 362 g/mol. The van der Waals surface area contributed by atoms with Gasteiger partial charge in [-0.2, -0.15) is 4.31 Å². The molecule has 150 valence electrons. The highest BCUT2D eigenvalue weighted by molar-refractivity contribution is 7.89. The van der Waals surface area contributed by atoms with Crippen LogP contribution in [0, 0.1) is 12.8 Å². The fourth-order valence-electron chi connectivity index (χ4n) is 4.12. The van der Waals surface area contributed by atoms with E-state index in [9.17, 15) is 13.2 Å². The molecule has 0 spiro atoms. The molecule has 0 saturated carbocycles. The van der Waals surface area contributed by atoms with Crippen molar-refractivity contribution in [1.29, 1.82) is 0 Å². The van der Waals surface area contributed by atoms with Gasteiger partial charge < -0.3 is 10.2 Å². The molecule has 3 rings (SSSR count). The molecule has 0 bridgehead atoms.